The van der Waals surface area contributed by atoms with Crippen LogP contribution < -0.4 is 11.4 Å². The maximum Gasteiger partial charge on any atom is 0.351 e. The summed E-state index contributed by atoms with van der Waals surface area (Å²) in [6, 6.07) is 0. The Morgan fingerprint density at radius 3 is 2.87 bits per heavy atom. The molecule has 1 aliphatic heterocycles. The van der Waals surface area contributed by atoms with Crippen LogP contribution in [0.1, 0.15) is 25.1 Å². The summed E-state index contributed by atoms with van der Waals surface area (Å²) in [5.74, 6) is 0.154. The monoisotopic (exact) mass is 324 g/mol. The highest BCUT2D eigenvalue weighted by Gasteiger charge is 2.35. The van der Waals surface area contributed by atoms with Gasteiger partial charge in [0, 0.05) is 24.7 Å². The van der Waals surface area contributed by atoms with Crippen LogP contribution in [-0.2, 0) is 4.74 Å². The minimum absolute atomic E-state index is 0.154. The molecule has 23 heavy (non-hydrogen) atoms. The molecule has 0 bridgehead atoms. The van der Waals surface area contributed by atoms with Crippen LogP contribution in [0.4, 0.5) is 5.82 Å². The van der Waals surface area contributed by atoms with E-state index in [-0.39, 0.29) is 18.8 Å². The Balaban J connectivity index is 2.32. The molecule has 0 spiro atoms. The van der Waals surface area contributed by atoms with Crippen molar-refractivity contribution in [2.75, 3.05) is 33.0 Å². The number of ether oxygens (including phenoxy) is 1. The van der Waals surface area contributed by atoms with E-state index in [1.54, 1.807) is 6.20 Å². The van der Waals surface area contributed by atoms with Gasteiger partial charge in [-0.15, -0.1) is 0 Å². The molecule has 0 unspecified atom stereocenters. The molecule has 1 aliphatic rings. The molecule has 2 rings (SSSR count). The Morgan fingerprint density at radius 2 is 2.30 bits per heavy atom. The minimum atomic E-state index is -0.816. The van der Waals surface area contributed by atoms with Gasteiger partial charge in [-0.05, 0) is 27.1 Å². The van der Waals surface area contributed by atoms with Crippen molar-refractivity contribution in [3.05, 3.63) is 27.8 Å². The molecule has 1 aromatic rings. The normalized spacial score (nSPS) is 25.3. The summed E-state index contributed by atoms with van der Waals surface area (Å²) >= 11 is 0. The van der Waals surface area contributed by atoms with Gasteiger partial charge in [-0.3, -0.25) is 4.57 Å². The number of nitrogen functional groups attached to an aromatic ring is 1. The lowest BCUT2D eigenvalue weighted by Crippen LogP contribution is -2.28. The van der Waals surface area contributed by atoms with E-state index >= 15 is 0 Å². The summed E-state index contributed by atoms with van der Waals surface area (Å²) < 4.78 is 6.82. The molecule has 1 aromatic heterocycles. The van der Waals surface area contributed by atoms with Gasteiger partial charge in [0.1, 0.15) is 18.1 Å². The number of aliphatic hydroxyl groups is 2. The van der Waals surface area contributed by atoms with Crippen molar-refractivity contribution >= 4 is 11.9 Å². The molecule has 8 heteroatoms. The lowest BCUT2D eigenvalue weighted by atomic mass is 10.1. The second kappa shape index (κ2) is 7.22. The molecular weight excluding hydrogens is 300 g/mol. The molecule has 128 valence electrons. The average molecular weight is 324 g/mol. The van der Waals surface area contributed by atoms with Crippen molar-refractivity contribution in [1.82, 2.24) is 14.5 Å². The third-order valence-corrected chi connectivity index (χ3v) is 3.67. The van der Waals surface area contributed by atoms with Crippen molar-refractivity contribution < 1.29 is 14.9 Å². The fourth-order valence-electron chi connectivity index (χ4n) is 2.67. The number of aliphatic hydroxyl groups excluding tert-OH is 2. The van der Waals surface area contributed by atoms with Crippen LogP contribution in [0, 0.1) is 0 Å². The zero-order chi connectivity index (χ0) is 17.1. The molecule has 3 atom stereocenters. The molecule has 0 saturated carbocycles. The molecule has 2 heterocycles. The predicted octanol–water partition coefficient (Wildman–Crippen LogP) is -0.569. The van der Waals surface area contributed by atoms with Crippen LogP contribution in [-0.4, -0.2) is 64.1 Å². The van der Waals surface area contributed by atoms with Crippen LogP contribution >= 0.6 is 0 Å². The van der Waals surface area contributed by atoms with Gasteiger partial charge >= 0.3 is 5.69 Å². The summed E-state index contributed by atoms with van der Waals surface area (Å²) in [6.45, 7) is 2.42. The van der Waals surface area contributed by atoms with E-state index in [0.717, 1.165) is 12.1 Å². The van der Waals surface area contributed by atoms with Crippen molar-refractivity contribution in [2.45, 2.75) is 31.8 Å². The summed E-state index contributed by atoms with van der Waals surface area (Å²) in [6.07, 6.45) is 1.50. The first-order valence-electron chi connectivity index (χ1n) is 7.46. The lowest BCUT2D eigenvalue weighted by Gasteiger charge is -2.16. The molecule has 1 fully saturated rings. The first-order valence-corrected chi connectivity index (χ1v) is 7.46. The maximum atomic E-state index is 12.1. The van der Waals surface area contributed by atoms with E-state index in [4.69, 9.17) is 15.6 Å². The van der Waals surface area contributed by atoms with Gasteiger partial charge in [0.05, 0.1) is 12.7 Å². The Labute approximate surface area is 134 Å². The Kier molecular flexibility index (Phi) is 5.53. The van der Waals surface area contributed by atoms with E-state index in [1.165, 1.54) is 4.57 Å². The Hall–Kier alpha value is -1.74. The SMILES string of the molecule is CC(=Cc1cn([C@H]2C[C@H](O)[C@@H](CO)O2)c(=O)nc1N)CN(C)C. The summed E-state index contributed by atoms with van der Waals surface area (Å²) in [7, 11) is 3.92. The number of hydrogen-bond acceptors (Lipinski definition) is 7. The summed E-state index contributed by atoms with van der Waals surface area (Å²) in [5.41, 5.74) is 6.98. The molecule has 8 nitrogen and oxygen atoms in total. The molecule has 0 amide bonds. The third kappa shape index (κ3) is 4.17. The number of aromatic nitrogens is 2. The van der Waals surface area contributed by atoms with Crippen molar-refractivity contribution in [2.24, 2.45) is 0 Å². The second-order valence-electron chi connectivity index (χ2n) is 6.11. The number of rotatable bonds is 5. The van der Waals surface area contributed by atoms with Gasteiger partial charge in [-0.1, -0.05) is 5.57 Å². The van der Waals surface area contributed by atoms with E-state index in [0.29, 0.717) is 5.56 Å². The molecule has 0 radical (unpaired) electrons. The van der Waals surface area contributed by atoms with Crippen molar-refractivity contribution in [3.63, 3.8) is 0 Å². The zero-order valence-corrected chi connectivity index (χ0v) is 13.6. The zero-order valence-electron chi connectivity index (χ0n) is 13.6. The van der Waals surface area contributed by atoms with Crippen LogP contribution in [0.25, 0.3) is 6.08 Å². The maximum absolute atomic E-state index is 12.1. The van der Waals surface area contributed by atoms with Gasteiger partial charge < -0.3 is 25.6 Å². The highest BCUT2D eigenvalue weighted by atomic mass is 16.5. The number of nitrogens with two attached hydrogens (primary N) is 1. The van der Waals surface area contributed by atoms with Gasteiger partial charge in [0.2, 0.25) is 0 Å². The molecule has 0 aromatic carbocycles. The van der Waals surface area contributed by atoms with E-state index in [9.17, 15) is 9.90 Å². The smallest absolute Gasteiger partial charge is 0.351 e. The van der Waals surface area contributed by atoms with Crippen LogP contribution in [0.15, 0.2) is 16.6 Å². The fourth-order valence-corrected chi connectivity index (χ4v) is 2.67. The molecule has 1 saturated heterocycles. The summed E-state index contributed by atoms with van der Waals surface area (Å²) in [5, 5.41) is 19.0. The average Bonchev–Trinajstić information content (AvgIpc) is 2.81. The van der Waals surface area contributed by atoms with Gasteiger partial charge in [0.15, 0.2) is 0 Å². The topological polar surface area (TPSA) is 114 Å². The minimum Gasteiger partial charge on any atom is -0.394 e. The highest BCUT2D eigenvalue weighted by molar-refractivity contribution is 5.61. The molecule has 4 N–H and O–H groups in total. The first-order chi connectivity index (χ1) is 10.8. The standard InChI is InChI=1S/C15H24N4O4/c1-9(6-18(2)3)4-10-7-19(15(22)17-14(10)16)13-5-11(21)12(8-20)23-13/h4,7,11-13,20-21H,5-6,8H2,1-3H3,(H2,16,17,22)/t11-,12+,13+/m0/s1. The van der Waals surface area contributed by atoms with Crippen LogP contribution in [0.3, 0.4) is 0 Å². The lowest BCUT2D eigenvalue weighted by molar-refractivity contribution is -0.0458. The van der Waals surface area contributed by atoms with E-state index in [2.05, 4.69) is 4.98 Å². The van der Waals surface area contributed by atoms with Crippen molar-refractivity contribution in [1.29, 1.82) is 0 Å². The Morgan fingerprint density at radius 1 is 1.61 bits per heavy atom. The third-order valence-electron chi connectivity index (χ3n) is 3.67. The predicted molar refractivity (Wildman–Crippen MR) is 86.7 cm³/mol. The van der Waals surface area contributed by atoms with Crippen LogP contribution in [0.2, 0.25) is 0 Å². The fraction of sp³-hybridized carbons (Fsp3) is 0.600. The Bertz CT molecular complexity index is 641. The quantitative estimate of drug-likeness (QED) is 0.664. The van der Waals surface area contributed by atoms with Crippen LogP contribution in [0.5, 0.6) is 0 Å². The van der Waals surface area contributed by atoms with E-state index in [1.807, 2.05) is 32.0 Å². The van der Waals surface area contributed by atoms with Gasteiger partial charge in [0.25, 0.3) is 0 Å². The van der Waals surface area contributed by atoms with E-state index < -0.39 is 24.1 Å². The molecule has 0 aliphatic carbocycles. The number of nitrogens with zero attached hydrogens (tertiary/aromatic N) is 3. The number of hydrogen-bond donors (Lipinski definition) is 3. The second-order valence-corrected chi connectivity index (χ2v) is 6.11. The van der Waals surface area contributed by atoms with Gasteiger partial charge in [-0.25, -0.2) is 4.79 Å². The largest absolute Gasteiger partial charge is 0.394 e. The summed E-state index contributed by atoms with van der Waals surface area (Å²) in [4.78, 5) is 17.9. The van der Waals surface area contributed by atoms with Crippen molar-refractivity contribution in [3.8, 4) is 0 Å². The first kappa shape index (κ1) is 17.6. The number of anilines is 1. The highest BCUT2D eigenvalue weighted by Crippen LogP contribution is 2.28. The molecular formula is C15H24N4O4. The number of likely N-dealkylation sites (N-methyl/N-ethyl adjacent to an activating group) is 1. The van der Waals surface area contributed by atoms with Gasteiger partial charge in [-0.2, -0.15) is 4.98 Å².